The first kappa shape index (κ1) is 20.4. The van der Waals surface area contributed by atoms with E-state index in [2.05, 4.69) is 29.2 Å². The number of amides is 1. The van der Waals surface area contributed by atoms with Crippen molar-refractivity contribution in [1.29, 1.82) is 0 Å². The lowest BCUT2D eigenvalue weighted by molar-refractivity contribution is 0.102. The minimum absolute atomic E-state index is 0.219. The van der Waals surface area contributed by atoms with E-state index in [1.807, 2.05) is 24.3 Å². The zero-order chi connectivity index (χ0) is 20.6. The summed E-state index contributed by atoms with van der Waals surface area (Å²) >= 11 is 0. The molecule has 0 spiro atoms. The van der Waals surface area contributed by atoms with Gasteiger partial charge in [0.15, 0.2) is 11.5 Å². The minimum Gasteiger partial charge on any atom is -0.493 e. The summed E-state index contributed by atoms with van der Waals surface area (Å²) in [5, 5.41) is 7.09. The number of hydrogen-bond donors (Lipinski definition) is 1. The Balaban J connectivity index is 1.72. The molecule has 29 heavy (non-hydrogen) atoms. The van der Waals surface area contributed by atoms with Gasteiger partial charge in [-0.3, -0.25) is 4.79 Å². The third kappa shape index (κ3) is 5.57. The largest absolute Gasteiger partial charge is 0.493 e. The minimum atomic E-state index is -0.219. The van der Waals surface area contributed by atoms with Crippen LogP contribution in [0.3, 0.4) is 0 Å². The molecule has 0 unspecified atom stereocenters. The molecule has 0 radical (unpaired) electrons. The Labute approximate surface area is 170 Å². The summed E-state index contributed by atoms with van der Waals surface area (Å²) in [5.41, 5.74) is 2.16. The molecule has 0 saturated carbocycles. The molecule has 1 aromatic heterocycles. The third-order valence-corrected chi connectivity index (χ3v) is 4.44. The van der Waals surface area contributed by atoms with Gasteiger partial charge in [0.25, 0.3) is 5.91 Å². The SMILES string of the molecule is COc1cc(C(=O)Nc2ccccc2Cn2cncn2)ccc1OCCC(C)C. The smallest absolute Gasteiger partial charge is 0.255 e. The fraction of sp³-hybridized carbons (Fsp3) is 0.318. The van der Waals surface area contributed by atoms with Crippen molar-refractivity contribution in [3.8, 4) is 11.5 Å². The van der Waals surface area contributed by atoms with Gasteiger partial charge in [-0.1, -0.05) is 32.0 Å². The highest BCUT2D eigenvalue weighted by atomic mass is 16.5. The Morgan fingerprint density at radius 3 is 2.72 bits per heavy atom. The molecule has 0 aliphatic heterocycles. The van der Waals surface area contributed by atoms with Gasteiger partial charge in [0.2, 0.25) is 0 Å². The summed E-state index contributed by atoms with van der Waals surface area (Å²) in [6, 6.07) is 12.8. The molecule has 0 aliphatic rings. The van der Waals surface area contributed by atoms with E-state index in [4.69, 9.17) is 9.47 Å². The molecule has 0 atom stereocenters. The lowest BCUT2D eigenvalue weighted by atomic mass is 10.1. The maximum Gasteiger partial charge on any atom is 0.255 e. The van der Waals surface area contributed by atoms with E-state index in [0.717, 1.165) is 17.7 Å². The van der Waals surface area contributed by atoms with E-state index in [-0.39, 0.29) is 5.91 Å². The summed E-state index contributed by atoms with van der Waals surface area (Å²) in [6.45, 7) is 5.42. The van der Waals surface area contributed by atoms with Crippen molar-refractivity contribution in [1.82, 2.24) is 14.8 Å². The van der Waals surface area contributed by atoms with E-state index in [1.165, 1.54) is 6.33 Å². The molecule has 1 amide bonds. The predicted molar refractivity (Wildman–Crippen MR) is 111 cm³/mol. The molecule has 2 aromatic carbocycles. The molecule has 3 aromatic rings. The predicted octanol–water partition coefficient (Wildman–Crippen LogP) is 4.01. The molecule has 0 bridgehead atoms. The summed E-state index contributed by atoms with van der Waals surface area (Å²) in [5.74, 6) is 1.51. The number of methoxy groups -OCH3 is 1. The first-order valence-corrected chi connectivity index (χ1v) is 9.59. The number of ether oxygens (including phenoxy) is 2. The van der Waals surface area contributed by atoms with Crippen LogP contribution in [0, 0.1) is 5.92 Å². The van der Waals surface area contributed by atoms with Gasteiger partial charge >= 0.3 is 0 Å². The Hall–Kier alpha value is -3.35. The second-order valence-electron chi connectivity index (χ2n) is 7.10. The zero-order valence-corrected chi connectivity index (χ0v) is 17.0. The van der Waals surface area contributed by atoms with E-state index >= 15 is 0 Å². The number of rotatable bonds is 9. The number of nitrogens with zero attached hydrogens (tertiary/aromatic N) is 3. The Bertz CT molecular complexity index is 939. The van der Waals surface area contributed by atoms with Crippen LogP contribution in [0.2, 0.25) is 0 Å². The van der Waals surface area contributed by atoms with Gasteiger partial charge in [0, 0.05) is 11.3 Å². The van der Waals surface area contributed by atoms with Crippen molar-refractivity contribution in [2.24, 2.45) is 5.92 Å². The average molecular weight is 394 g/mol. The number of anilines is 1. The van der Waals surface area contributed by atoms with Crippen LogP contribution in [0.25, 0.3) is 0 Å². The molecule has 3 rings (SSSR count). The maximum absolute atomic E-state index is 12.8. The number of hydrogen-bond acceptors (Lipinski definition) is 5. The standard InChI is InChI=1S/C22H26N4O3/c1-16(2)10-11-29-20-9-8-17(12-21(20)28-3)22(27)25-19-7-5-4-6-18(19)13-26-15-23-14-24-26/h4-9,12,14-16H,10-11,13H2,1-3H3,(H,25,27). The van der Waals surface area contributed by atoms with Gasteiger partial charge in [-0.15, -0.1) is 0 Å². The van der Waals surface area contributed by atoms with Crippen LogP contribution >= 0.6 is 0 Å². The van der Waals surface area contributed by atoms with Crippen LogP contribution in [0.4, 0.5) is 5.69 Å². The Morgan fingerprint density at radius 2 is 2.00 bits per heavy atom. The molecule has 1 heterocycles. The number of benzene rings is 2. The maximum atomic E-state index is 12.8. The van der Waals surface area contributed by atoms with Gasteiger partial charge in [-0.05, 0) is 42.2 Å². The van der Waals surface area contributed by atoms with Crippen LogP contribution in [-0.4, -0.2) is 34.4 Å². The van der Waals surface area contributed by atoms with E-state index in [0.29, 0.717) is 36.1 Å². The number of nitrogens with one attached hydrogen (secondary N) is 1. The normalized spacial score (nSPS) is 10.8. The van der Waals surface area contributed by atoms with Gasteiger partial charge in [-0.2, -0.15) is 5.10 Å². The third-order valence-electron chi connectivity index (χ3n) is 4.44. The summed E-state index contributed by atoms with van der Waals surface area (Å²) in [7, 11) is 1.57. The summed E-state index contributed by atoms with van der Waals surface area (Å²) in [4.78, 5) is 16.8. The fourth-order valence-electron chi connectivity index (χ4n) is 2.80. The molecule has 7 nitrogen and oxygen atoms in total. The van der Waals surface area contributed by atoms with Gasteiger partial charge in [0.1, 0.15) is 12.7 Å². The van der Waals surface area contributed by atoms with Crippen LogP contribution in [0.5, 0.6) is 11.5 Å². The Morgan fingerprint density at radius 1 is 1.17 bits per heavy atom. The highest BCUT2D eigenvalue weighted by molar-refractivity contribution is 6.05. The number of carbonyl (C=O) groups excluding carboxylic acids is 1. The monoisotopic (exact) mass is 394 g/mol. The van der Waals surface area contributed by atoms with Crippen LogP contribution in [0.15, 0.2) is 55.1 Å². The Kier molecular flexibility index (Phi) is 6.84. The van der Waals surface area contributed by atoms with E-state index in [1.54, 1.807) is 36.3 Å². The first-order valence-electron chi connectivity index (χ1n) is 9.59. The van der Waals surface area contributed by atoms with Gasteiger partial charge in [-0.25, -0.2) is 9.67 Å². The molecule has 7 heteroatoms. The zero-order valence-electron chi connectivity index (χ0n) is 17.0. The van der Waals surface area contributed by atoms with Crippen molar-refractivity contribution in [2.45, 2.75) is 26.8 Å². The highest BCUT2D eigenvalue weighted by Crippen LogP contribution is 2.29. The first-order chi connectivity index (χ1) is 14.1. The summed E-state index contributed by atoms with van der Waals surface area (Å²) in [6.07, 6.45) is 4.08. The van der Waals surface area contributed by atoms with Crippen molar-refractivity contribution < 1.29 is 14.3 Å². The number of aromatic nitrogens is 3. The molecule has 0 fully saturated rings. The van der Waals surface area contributed by atoms with E-state index in [9.17, 15) is 4.79 Å². The molecular weight excluding hydrogens is 368 g/mol. The van der Waals surface area contributed by atoms with Crippen molar-refractivity contribution in [3.63, 3.8) is 0 Å². The second-order valence-corrected chi connectivity index (χ2v) is 7.10. The number of carbonyl (C=O) groups is 1. The number of para-hydroxylation sites is 1. The van der Waals surface area contributed by atoms with Crippen LogP contribution in [-0.2, 0) is 6.54 Å². The van der Waals surface area contributed by atoms with Crippen molar-refractivity contribution >= 4 is 11.6 Å². The molecule has 1 N–H and O–H groups in total. The lowest BCUT2D eigenvalue weighted by Gasteiger charge is -2.14. The lowest BCUT2D eigenvalue weighted by Crippen LogP contribution is -2.14. The second kappa shape index (κ2) is 9.73. The molecule has 0 aliphatic carbocycles. The molecular formula is C22H26N4O3. The molecule has 152 valence electrons. The summed E-state index contributed by atoms with van der Waals surface area (Å²) < 4.78 is 12.9. The van der Waals surface area contributed by atoms with Crippen LogP contribution < -0.4 is 14.8 Å². The van der Waals surface area contributed by atoms with Gasteiger partial charge in [0.05, 0.1) is 20.3 Å². The van der Waals surface area contributed by atoms with Gasteiger partial charge < -0.3 is 14.8 Å². The van der Waals surface area contributed by atoms with E-state index < -0.39 is 0 Å². The highest BCUT2D eigenvalue weighted by Gasteiger charge is 2.13. The fourth-order valence-corrected chi connectivity index (χ4v) is 2.80. The quantitative estimate of drug-likeness (QED) is 0.593. The van der Waals surface area contributed by atoms with Crippen molar-refractivity contribution in [3.05, 3.63) is 66.2 Å². The van der Waals surface area contributed by atoms with Crippen LogP contribution in [0.1, 0.15) is 36.2 Å². The average Bonchev–Trinajstić information content (AvgIpc) is 3.22. The topological polar surface area (TPSA) is 78.3 Å². The van der Waals surface area contributed by atoms with Crippen molar-refractivity contribution in [2.75, 3.05) is 19.0 Å². The molecule has 0 saturated heterocycles.